The number of piperidine rings is 1. The number of piperazine rings is 1. The first-order chi connectivity index (χ1) is 15.3. The Bertz CT molecular complexity index is 1050. The van der Waals surface area contributed by atoms with Gasteiger partial charge in [0, 0.05) is 56.8 Å². The zero-order valence-corrected chi connectivity index (χ0v) is 19.4. The predicted molar refractivity (Wildman–Crippen MR) is 121 cm³/mol. The molecule has 2 aromatic rings. The van der Waals surface area contributed by atoms with Crippen molar-refractivity contribution < 1.29 is 17.6 Å². The lowest BCUT2D eigenvalue weighted by atomic mass is 9.96. The summed E-state index contributed by atoms with van der Waals surface area (Å²) >= 11 is 5.86. The van der Waals surface area contributed by atoms with Crippen molar-refractivity contribution >= 4 is 27.5 Å². The van der Waals surface area contributed by atoms with Gasteiger partial charge in [-0.15, -0.1) is 0 Å². The molecule has 4 rings (SSSR count). The zero-order chi connectivity index (χ0) is 22.7. The van der Waals surface area contributed by atoms with Crippen LogP contribution in [0.25, 0.3) is 0 Å². The molecular formula is C23H27ClFN3O3S. The summed E-state index contributed by atoms with van der Waals surface area (Å²) in [7, 11) is -3.58. The van der Waals surface area contributed by atoms with Crippen LogP contribution < -0.4 is 0 Å². The van der Waals surface area contributed by atoms with Gasteiger partial charge in [0.1, 0.15) is 5.82 Å². The van der Waals surface area contributed by atoms with Crippen LogP contribution in [0.15, 0.2) is 53.4 Å². The van der Waals surface area contributed by atoms with Crippen molar-refractivity contribution in [3.8, 4) is 0 Å². The Kier molecular flexibility index (Phi) is 7.14. The standard InChI is InChI=1S/C23H27ClFN3O3S/c24-20-4-6-22(7-5-20)32(30,31)28-10-8-19(9-11-28)23(29)27-14-12-26(13-15-27)17-18-2-1-3-21(25)16-18/h1-7,16,19H,8-15,17H2. The molecule has 0 bridgehead atoms. The fraction of sp³-hybridized carbons (Fsp3) is 0.435. The molecule has 32 heavy (non-hydrogen) atoms. The highest BCUT2D eigenvalue weighted by molar-refractivity contribution is 7.89. The number of nitrogens with zero attached hydrogens (tertiary/aromatic N) is 3. The SMILES string of the molecule is O=C(C1CCN(S(=O)(=O)c2ccc(Cl)cc2)CC1)N1CCN(Cc2cccc(F)c2)CC1. The van der Waals surface area contributed by atoms with Crippen LogP contribution in [0.2, 0.25) is 5.02 Å². The molecule has 2 fully saturated rings. The molecule has 0 spiro atoms. The average molecular weight is 480 g/mol. The molecule has 0 saturated carbocycles. The van der Waals surface area contributed by atoms with E-state index in [1.165, 1.54) is 22.5 Å². The molecule has 2 aliphatic rings. The van der Waals surface area contributed by atoms with Gasteiger partial charge >= 0.3 is 0 Å². The summed E-state index contributed by atoms with van der Waals surface area (Å²) in [6.45, 7) is 4.09. The van der Waals surface area contributed by atoms with Crippen LogP contribution in [0.5, 0.6) is 0 Å². The smallest absolute Gasteiger partial charge is 0.243 e. The maximum atomic E-state index is 13.4. The normalized spacial score (nSPS) is 19.2. The van der Waals surface area contributed by atoms with E-state index in [4.69, 9.17) is 11.6 Å². The molecule has 9 heteroatoms. The van der Waals surface area contributed by atoms with E-state index in [0.29, 0.717) is 50.6 Å². The van der Waals surface area contributed by atoms with Gasteiger partial charge in [0.2, 0.25) is 15.9 Å². The first-order valence-electron chi connectivity index (χ1n) is 10.8. The van der Waals surface area contributed by atoms with Crippen LogP contribution in [0.1, 0.15) is 18.4 Å². The number of hydrogen-bond acceptors (Lipinski definition) is 4. The molecular weight excluding hydrogens is 453 g/mol. The summed E-state index contributed by atoms with van der Waals surface area (Å²) in [5.41, 5.74) is 0.930. The van der Waals surface area contributed by atoms with E-state index >= 15 is 0 Å². The zero-order valence-electron chi connectivity index (χ0n) is 17.8. The molecule has 0 N–H and O–H groups in total. The van der Waals surface area contributed by atoms with E-state index in [1.54, 1.807) is 24.3 Å². The minimum absolute atomic E-state index is 0.110. The predicted octanol–water partition coefficient (Wildman–Crippen LogP) is 3.22. The first kappa shape index (κ1) is 23.2. The molecule has 0 atom stereocenters. The van der Waals surface area contributed by atoms with Gasteiger partial charge < -0.3 is 4.90 Å². The van der Waals surface area contributed by atoms with E-state index in [2.05, 4.69) is 4.90 Å². The Labute approximate surface area is 193 Å². The topological polar surface area (TPSA) is 60.9 Å². The summed E-state index contributed by atoms with van der Waals surface area (Å²) in [4.78, 5) is 17.3. The second kappa shape index (κ2) is 9.87. The Morgan fingerprint density at radius 1 is 0.969 bits per heavy atom. The number of sulfonamides is 1. The third-order valence-electron chi connectivity index (χ3n) is 6.23. The van der Waals surface area contributed by atoms with Crippen LogP contribution in [0.3, 0.4) is 0 Å². The quantitative estimate of drug-likeness (QED) is 0.660. The third kappa shape index (κ3) is 5.31. The van der Waals surface area contributed by atoms with E-state index in [0.717, 1.165) is 18.7 Å². The molecule has 2 aliphatic heterocycles. The van der Waals surface area contributed by atoms with Crippen molar-refractivity contribution in [2.24, 2.45) is 5.92 Å². The largest absolute Gasteiger partial charge is 0.340 e. The minimum atomic E-state index is -3.58. The molecule has 2 saturated heterocycles. The number of carbonyl (C=O) groups is 1. The molecule has 6 nitrogen and oxygen atoms in total. The second-order valence-corrected chi connectivity index (χ2v) is 10.7. The van der Waals surface area contributed by atoms with Crippen LogP contribution in [0.4, 0.5) is 4.39 Å². The molecule has 172 valence electrons. The van der Waals surface area contributed by atoms with Gasteiger partial charge in [0.15, 0.2) is 0 Å². The number of rotatable bonds is 5. The Morgan fingerprint density at radius 2 is 1.62 bits per heavy atom. The summed E-state index contributed by atoms with van der Waals surface area (Å²) in [6, 6.07) is 12.8. The third-order valence-corrected chi connectivity index (χ3v) is 8.40. The van der Waals surface area contributed by atoms with Crippen LogP contribution in [0, 0.1) is 11.7 Å². The summed E-state index contributed by atoms with van der Waals surface area (Å²) in [5.74, 6) is -0.277. The van der Waals surface area contributed by atoms with Gasteiger partial charge in [-0.25, -0.2) is 12.8 Å². The lowest BCUT2D eigenvalue weighted by molar-refractivity contribution is -0.138. The van der Waals surface area contributed by atoms with Crippen molar-refractivity contribution in [1.82, 2.24) is 14.1 Å². The molecule has 0 radical (unpaired) electrons. The lowest BCUT2D eigenvalue weighted by Crippen LogP contribution is -2.51. The van der Waals surface area contributed by atoms with Crippen LogP contribution >= 0.6 is 11.6 Å². The second-order valence-electron chi connectivity index (χ2n) is 8.36. The number of hydrogen-bond donors (Lipinski definition) is 0. The van der Waals surface area contributed by atoms with Gasteiger partial charge in [0.25, 0.3) is 0 Å². The van der Waals surface area contributed by atoms with Gasteiger partial charge in [-0.2, -0.15) is 4.31 Å². The monoisotopic (exact) mass is 479 g/mol. The Hall–Kier alpha value is -2.00. The molecule has 2 aromatic carbocycles. The van der Waals surface area contributed by atoms with Gasteiger partial charge in [-0.3, -0.25) is 9.69 Å². The molecule has 1 amide bonds. The Morgan fingerprint density at radius 3 is 2.25 bits per heavy atom. The van der Waals surface area contributed by atoms with Crippen molar-refractivity contribution in [1.29, 1.82) is 0 Å². The minimum Gasteiger partial charge on any atom is -0.340 e. The van der Waals surface area contributed by atoms with Gasteiger partial charge in [0.05, 0.1) is 4.90 Å². The summed E-state index contributed by atoms with van der Waals surface area (Å²) in [6.07, 6.45) is 1.05. The fourth-order valence-corrected chi connectivity index (χ4v) is 5.97. The van der Waals surface area contributed by atoms with E-state index in [9.17, 15) is 17.6 Å². The first-order valence-corrected chi connectivity index (χ1v) is 12.7. The van der Waals surface area contributed by atoms with E-state index in [1.807, 2.05) is 11.0 Å². The van der Waals surface area contributed by atoms with Crippen molar-refractivity contribution in [2.75, 3.05) is 39.3 Å². The highest BCUT2D eigenvalue weighted by Gasteiger charge is 2.34. The van der Waals surface area contributed by atoms with Crippen LogP contribution in [-0.4, -0.2) is 67.7 Å². The van der Waals surface area contributed by atoms with Gasteiger partial charge in [-0.05, 0) is 54.8 Å². The van der Waals surface area contributed by atoms with Gasteiger partial charge in [-0.1, -0.05) is 23.7 Å². The summed E-state index contributed by atoms with van der Waals surface area (Å²) in [5, 5.41) is 0.490. The number of benzene rings is 2. The fourth-order valence-electron chi connectivity index (χ4n) is 4.38. The number of amides is 1. The lowest BCUT2D eigenvalue weighted by Gasteiger charge is -2.38. The van der Waals surface area contributed by atoms with Crippen molar-refractivity contribution in [2.45, 2.75) is 24.3 Å². The summed E-state index contributed by atoms with van der Waals surface area (Å²) < 4.78 is 40.5. The maximum absolute atomic E-state index is 13.4. The molecule has 0 aromatic heterocycles. The van der Waals surface area contributed by atoms with Crippen molar-refractivity contribution in [3.05, 3.63) is 64.9 Å². The van der Waals surface area contributed by atoms with Crippen LogP contribution in [-0.2, 0) is 21.4 Å². The number of carbonyl (C=O) groups excluding carboxylic acids is 1. The van der Waals surface area contributed by atoms with E-state index in [-0.39, 0.29) is 22.5 Å². The van der Waals surface area contributed by atoms with Crippen molar-refractivity contribution in [3.63, 3.8) is 0 Å². The maximum Gasteiger partial charge on any atom is 0.243 e. The molecule has 0 unspecified atom stereocenters. The molecule has 2 heterocycles. The highest BCUT2D eigenvalue weighted by Crippen LogP contribution is 2.26. The average Bonchev–Trinajstić information content (AvgIpc) is 2.79. The van der Waals surface area contributed by atoms with E-state index < -0.39 is 10.0 Å². The highest BCUT2D eigenvalue weighted by atomic mass is 35.5. The Balaban J connectivity index is 1.27. The molecule has 0 aliphatic carbocycles. The number of halogens is 2.